The highest BCUT2D eigenvalue weighted by Gasteiger charge is 2.40. The van der Waals surface area contributed by atoms with Gasteiger partial charge in [-0.1, -0.05) is 32.0 Å². The molecule has 1 unspecified atom stereocenters. The third kappa shape index (κ3) is 5.36. The van der Waals surface area contributed by atoms with Crippen LogP contribution in [0, 0.1) is 5.92 Å². The van der Waals surface area contributed by atoms with Gasteiger partial charge in [0.05, 0.1) is 5.39 Å². The molecule has 0 amide bonds. The number of esters is 1. The number of carbonyl (C=O) groups is 1. The highest BCUT2D eigenvalue weighted by molar-refractivity contribution is 5.82. The Balaban J connectivity index is 0.00000341. The van der Waals surface area contributed by atoms with Crippen LogP contribution in [-0.4, -0.2) is 12.0 Å². The summed E-state index contributed by atoms with van der Waals surface area (Å²) in [5.41, 5.74) is 4.29. The Labute approximate surface area is 181 Å². The zero-order chi connectivity index (χ0) is 22.1. The fourth-order valence-electron chi connectivity index (χ4n) is 2.56. The van der Waals surface area contributed by atoms with E-state index in [-0.39, 0.29) is 35.2 Å². The van der Waals surface area contributed by atoms with Gasteiger partial charge in [0.2, 0.25) is 11.2 Å². The smallest absolute Gasteiger partial charge is 0.453 e. The van der Waals surface area contributed by atoms with Crippen molar-refractivity contribution in [1.82, 2.24) is 0 Å². The van der Waals surface area contributed by atoms with E-state index < -0.39 is 40.7 Å². The van der Waals surface area contributed by atoms with E-state index in [1.807, 2.05) is 0 Å². The van der Waals surface area contributed by atoms with Gasteiger partial charge in [0, 0.05) is 6.07 Å². The third-order valence-corrected chi connectivity index (χ3v) is 4.25. The van der Waals surface area contributed by atoms with E-state index in [0.29, 0.717) is 0 Å². The number of rotatable bonds is 5. The molecule has 166 valence electrons. The van der Waals surface area contributed by atoms with Gasteiger partial charge < -0.3 is 32.0 Å². The number of carbonyl (C=O) groups excluding carboxylic acids is 1. The molecule has 0 fully saturated rings. The summed E-state index contributed by atoms with van der Waals surface area (Å²) in [6, 6.07) is 10.1. The van der Waals surface area contributed by atoms with Crippen LogP contribution < -0.4 is 33.0 Å². The van der Waals surface area contributed by atoms with Crippen molar-refractivity contribution in [2.45, 2.75) is 26.1 Å². The van der Waals surface area contributed by atoms with Gasteiger partial charge in [0.15, 0.2) is 0 Å². The maximum absolute atomic E-state index is 13.5. The van der Waals surface area contributed by atoms with Gasteiger partial charge in [-0.15, -0.1) is 0 Å². The monoisotopic (exact) mass is 456 g/mol. The van der Waals surface area contributed by atoms with Crippen molar-refractivity contribution < 1.29 is 44.3 Å². The summed E-state index contributed by atoms with van der Waals surface area (Å²) in [4.78, 5) is 24.7. The number of nitrogens with two attached hydrogens (primary N) is 1. The average Bonchev–Trinajstić information content (AvgIpc) is 2.69. The van der Waals surface area contributed by atoms with Gasteiger partial charge in [-0.3, -0.25) is 4.79 Å². The van der Waals surface area contributed by atoms with Crippen molar-refractivity contribution >= 4 is 16.9 Å². The molecule has 0 aliphatic heterocycles. The number of halogens is 4. The second kappa shape index (κ2) is 9.40. The summed E-state index contributed by atoms with van der Waals surface area (Å²) < 4.78 is 55.9. The molecule has 1 aromatic heterocycles. The number of alkyl halides is 3. The number of benzene rings is 2. The van der Waals surface area contributed by atoms with Gasteiger partial charge in [-0.05, 0) is 30.2 Å². The number of hydrogen-bond donors (Lipinski definition) is 1. The standard InChI is InChI=1S/C21H18F3NO5.ClH/c1-11(2)16(25)20(27)29-13-8-9-14-15(10-13)30-19(21(22,23)24)18(17(14)26)28-12-6-4-3-5-7-12;/h3-11,16H,25H2,1-2H3;1H/p-1. The minimum Gasteiger partial charge on any atom is -1.00 e. The first kappa shape index (κ1) is 24.2. The normalized spacial score (nSPS) is 12.4. The number of fused-ring (bicyclic) bond motifs is 1. The van der Waals surface area contributed by atoms with Gasteiger partial charge in [-0.25, -0.2) is 4.79 Å². The molecular formula is C21H18ClF3NO5-. The summed E-state index contributed by atoms with van der Waals surface area (Å²) in [7, 11) is 0. The number of ether oxygens (including phenoxy) is 2. The summed E-state index contributed by atoms with van der Waals surface area (Å²) in [6.45, 7) is 3.43. The lowest BCUT2D eigenvalue weighted by Crippen LogP contribution is -3.00. The Kier molecular flexibility index (Phi) is 7.35. The van der Waals surface area contributed by atoms with Crippen LogP contribution in [-0.2, 0) is 11.0 Å². The fourth-order valence-corrected chi connectivity index (χ4v) is 2.56. The Morgan fingerprint density at radius 3 is 2.29 bits per heavy atom. The molecule has 3 aromatic rings. The Morgan fingerprint density at radius 2 is 1.71 bits per heavy atom. The lowest BCUT2D eigenvalue weighted by atomic mass is 10.1. The number of para-hydroxylation sites is 1. The van der Waals surface area contributed by atoms with E-state index in [2.05, 4.69) is 0 Å². The first-order chi connectivity index (χ1) is 14.1. The van der Waals surface area contributed by atoms with Crippen molar-refractivity contribution in [3.05, 3.63) is 64.5 Å². The lowest BCUT2D eigenvalue weighted by molar-refractivity contribution is -0.154. The molecule has 0 aliphatic carbocycles. The predicted molar refractivity (Wildman–Crippen MR) is 102 cm³/mol. The summed E-state index contributed by atoms with van der Waals surface area (Å²) in [5.74, 6) is -3.59. The second-order valence-electron chi connectivity index (χ2n) is 6.85. The molecule has 1 heterocycles. The van der Waals surface area contributed by atoms with Crippen LogP contribution in [0.4, 0.5) is 13.2 Å². The SMILES string of the molecule is CC(C)C(N)C(=O)Oc1ccc2c(=O)c(Oc3ccccc3)c(C(F)(F)F)oc2c1.[Cl-]. The lowest BCUT2D eigenvalue weighted by Gasteiger charge is -2.15. The zero-order valence-electron chi connectivity index (χ0n) is 16.4. The molecule has 0 radical (unpaired) electrons. The molecule has 6 nitrogen and oxygen atoms in total. The Bertz CT molecular complexity index is 1130. The van der Waals surface area contributed by atoms with E-state index in [1.54, 1.807) is 32.0 Å². The van der Waals surface area contributed by atoms with Gasteiger partial charge in [-0.2, -0.15) is 13.2 Å². The molecule has 0 saturated carbocycles. The van der Waals surface area contributed by atoms with Crippen molar-refractivity contribution in [3.63, 3.8) is 0 Å². The fraction of sp³-hybridized carbons (Fsp3) is 0.238. The molecule has 0 saturated heterocycles. The first-order valence-electron chi connectivity index (χ1n) is 8.96. The Hall–Kier alpha value is -3.04. The molecule has 0 spiro atoms. The molecule has 31 heavy (non-hydrogen) atoms. The molecular weight excluding hydrogens is 439 g/mol. The molecule has 2 N–H and O–H groups in total. The van der Waals surface area contributed by atoms with Crippen LogP contribution in [0.2, 0.25) is 0 Å². The largest absolute Gasteiger partial charge is 1.00 e. The molecule has 0 aliphatic rings. The second-order valence-corrected chi connectivity index (χ2v) is 6.85. The van der Waals surface area contributed by atoms with E-state index >= 15 is 0 Å². The summed E-state index contributed by atoms with van der Waals surface area (Å²) >= 11 is 0. The van der Waals surface area contributed by atoms with E-state index in [0.717, 1.165) is 6.07 Å². The molecule has 2 aromatic carbocycles. The summed E-state index contributed by atoms with van der Waals surface area (Å²) in [6.07, 6.45) is -5.00. The van der Waals surface area contributed by atoms with Crippen LogP contribution in [0.15, 0.2) is 57.7 Å². The van der Waals surface area contributed by atoms with Crippen LogP contribution in [0.5, 0.6) is 17.2 Å². The topological polar surface area (TPSA) is 91.8 Å². The zero-order valence-corrected chi connectivity index (χ0v) is 17.2. The van der Waals surface area contributed by atoms with Crippen LogP contribution in [0.1, 0.15) is 19.6 Å². The van der Waals surface area contributed by atoms with Crippen molar-refractivity contribution in [2.24, 2.45) is 11.7 Å². The first-order valence-corrected chi connectivity index (χ1v) is 8.96. The number of hydrogen-bond acceptors (Lipinski definition) is 6. The van der Waals surface area contributed by atoms with Gasteiger partial charge in [0.1, 0.15) is 23.1 Å². The Morgan fingerprint density at radius 1 is 1.06 bits per heavy atom. The van der Waals surface area contributed by atoms with Gasteiger partial charge >= 0.3 is 12.1 Å². The van der Waals surface area contributed by atoms with Crippen molar-refractivity contribution in [3.8, 4) is 17.2 Å². The van der Waals surface area contributed by atoms with Crippen LogP contribution in [0.3, 0.4) is 0 Å². The third-order valence-electron chi connectivity index (χ3n) is 4.25. The predicted octanol–water partition coefficient (Wildman–Crippen LogP) is 1.50. The summed E-state index contributed by atoms with van der Waals surface area (Å²) in [5, 5.41) is -0.165. The van der Waals surface area contributed by atoms with Gasteiger partial charge in [0.25, 0.3) is 5.76 Å². The maximum atomic E-state index is 13.5. The highest BCUT2D eigenvalue weighted by atomic mass is 35.5. The molecule has 10 heteroatoms. The van der Waals surface area contributed by atoms with Crippen molar-refractivity contribution in [2.75, 3.05) is 0 Å². The molecule has 0 bridgehead atoms. The maximum Gasteiger partial charge on any atom is 0.453 e. The van der Waals surface area contributed by atoms with E-state index in [4.69, 9.17) is 19.6 Å². The highest BCUT2D eigenvalue weighted by Crippen LogP contribution is 2.38. The van der Waals surface area contributed by atoms with E-state index in [9.17, 15) is 22.8 Å². The van der Waals surface area contributed by atoms with Crippen LogP contribution >= 0.6 is 0 Å². The minimum absolute atomic E-state index is 0. The quantitative estimate of drug-likeness (QED) is 0.462. The molecule has 3 rings (SSSR count). The van der Waals surface area contributed by atoms with E-state index in [1.165, 1.54) is 24.3 Å². The van der Waals surface area contributed by atoms with Crippen LogP contribution in [0.25, 0.3) is 11.0 Å². The molecule has 1 atom stereocenters. The average molecular weight is 457 g/mol. The minimum atomic E-state index is -5.00. The van der Waals surface area contributed by atoms with Crippen molar-refractivity contribution in [1.29, 1.82) is 0 Å².